The molecule has 0 aromatic carbocycles. The second kappa shape index (κ2) is 4.72. The fourth-order valence-electron chi connectivity index (χ4n) is 3.61. The van der Waals surface area contributed by atoms with Crippen LogP contribution in [-0.2, 0) is 0 Å². The van der Waals surface area contributed by atoms with Crippen LogP contribution in [0.1, 0.15) is 66.7 Å². The van der Waals surface area contributed by atoms with Crippen molar-refractivity contribution in [2.45, 2.75) is 66.7 Å². The zero-order valence-corrected chi connectivity index (χ0v) is 11.3. The van der Waals surface area contributed by atoms with E-state index in [1.54, 1.807) is 0 Å². The molecule has 2 atom stereocenters. The molecule has 0 heterocycles. The summed E-state index contributed by atoms with van der Waals surface area (Å²) in [6.45, 7) is 12.0. The zero-order valence-electron chi connectivity index (χ0n) is 11.3. The summed E-state index contributed by atoms with van der Waals surface area (Å²) in [5, 5.41) is 0. The van der Waals surface area contributed by atoms with Gasteiger partial charge in [-0.25, -0.2) is 0 Å². The van der Waals surface area contributed by atoms with Crippen LogP contribution in [0.25, 0.3) is 0 Å². The lowest BCUT2D eigenvalue weighted by atomic mass is 9.52. The van der Waals surface area contributed by atoms with Gasteiger partial charge in [0.1, 0.15) is 0 Å². The van der Waals surface area contributed by atoms with Crippen LogP contribution in [0.3, 0.4) is 0 Å². The minimum absolute atomic E-state index is 0.459. The summed E-state index contributed by atoms with van der Waals surface area (Å²) in [6.07, 6.45) is 11.5. The highest BCUT2D eigenvalue weighted by atomic mass is 14.5. The van der Waals surface area contributed by atoms with E-state index < -0.39 is 0 Å². The van der Waals surface area contributed by atoms with Gasteiger partial charge in [-0.15, -0.1) is 0 Å². The molecule has 0 aliphatic heterocycles. The molecule has 1 aliphatic carbocycles. The smallest absolute Gasteiger partial charge is 0.00671 e. The van der Waals surface area contributed by atoms with E-state index >= 15 is 0 Å². The normalized spacial score (nSPS) is 31.5. The SMILES string of the molecule is CCC(C)C1(C)CCC=CC1(CC)CC. The molecule has 0 bridgehead atoms. The van der Waals surface area contributed by atoms with Crippen LogP contribution in [0.5, 0.6) is 0 Å². The van der Waals surface area contributed by atoms with Crippen molar-refractivity contribution in [1.29, 1.82) is 0 Å². The molecule has 0 aromatic rings. The maximum Gasteiger partial charge on any atom is -0.00671 e. The van der Waals surface area contributed by atoms with E-state index in [1.165, 1.54) is 32.1 Å². The van der Waals surface area contributed by atoms with Crippen molar-refractivity contribution >= 4 is 0 Å². The van der Waals surface area contributed by atoms with Crippen LogP contribution in [0.4, 0.5) is 0 Å². The molecular formula is C15H28. The molecule has 0 nitrogen and oxygen atoms in total. The molecule has 88 valence electrons. The Morgan fingerprint density at radius 2 is 1.80 bits per heavy atom. The summed E-state index contributed by atoms with van der Waals surface area (Å²) >= 11 is 0. The molecule has 1 aliphatic rings. The van der Waals surface area contributed by atoms with Gasteiger partial charge >= 0.3 is 0 Å². The van der Waals surface area contributed by atoms with Gasteiger partial charge in [0.05, 0.1) is 0 Å². The van der Waals surface area contributed by atoms with Gasteiger partial charge in [-0.1, -0.05) is 53.2 Å². The number of allylic oxidation sites excluding steroid dienone is 2. The van der Waals surface area contributed by atoms with Gasteiger partial charge in [0.2, 0.25) is 0 Å². The van der Waals surface area contributed by atoms with E-state index in [-0.39, 0.29) is 0 Å². The Bertz CT molecular complexity index is 222. The zero-order chi connectivity index (χ0) is 11.5. The standard InChI is InChI=1S/C15H28/c1-6-13(4)14(5)11-9-10-12-15(14,7-2)8-3/h10,12-13H,6-9,11H2,1-5H3. The Morgan fingerprint density at radius 1 is 1.20 bits per heavy atom. The summed E-state index contributed by atoms with van der Waals surface area (Å²) < 4.78 is 0. The lowest BCUT2D eigenvalue weighted by Gasteiger charge is -2.52. The largest absolute Gasteiger partial charge is 0.0879 e. The lowest BCUT2D eigenvalue weighted by Crippen LogP contribution is -2.44. The highest BCUT2D eigenvalue weighted by molar-refractivity contribution is 5.12. The van der Waals surface area contributed by atoms with Crippen molar-refractivity contribution in [1.82, 2.24) is 0 Å². The Balaban J connectivity index is 3.08. The van der Waals surface area contributed by atoms with Crippen molar-refractivity contribution in [3.63, 3.8) is 0 Å². The fraction of sp³-hybridized carbons (Fsp3) is 0.867. The van der Waals surface area contributed by atoms with E-state index in [9.17, 15) is 0 Å². The van der Waals surface area contributed by atoms with Gasteiger partial charge in [-0.05, 0) is 42.4 Å². The third-order valence-corrected chi connectivity index (χ3v) is 5.37. The summed E-state index contributed by atoms with van der Waals surface area (Å²) in [7, 11) is 0. The molecule has 0 N–H and O–H groups in total. The average Bonchev–Trinajstić information content (AvgIpc) is 2.29. The van der Waals surface area contributed by atoms with Gasteiger partial charge in [-0.2, -0.15) is 0 Å². The predicted octanol–water partition coefficient (Wildman–Crippen LogP) is 5.20. The third-order valence-electron chi connectivity index (χ3n) is 5.37. The first-order valence-electron chi connectivity index (χ1n) is 6.74. The van der Waals surface area contributed by atoms with Crippen molar-refractivity contribution in [2.24, 2.45) is 16.7 Å². The maximum absolute atomic E-state index is 2.53. The second-order valence-corrected chi connectivity index (χ2v) is 5.53. The number of hydrogen-bond donors (Lipinski definition) is 0. The van der Waals surface area contributed by atoms with Crippen molar-refractivity contribution in [2.75, 3.05) is 0 Å². The van der Waals surface area contributed by atoms with E-state index in [0.717, 1.165) is 5.92 Å². The first-order chi connectivity index (χ1) is 7.06. The lowest BCUT2D eigenvalue weighted by molar-refractivity contribution is 0.0125. The van der Waals surface area contributed by atoms with Crippen LogP contribution in [0.15, 0.2) is 12.2 Å². The first-order valence-corrected chi connectivity index (χ1v) is 6.74. The molecular weight excluding hydrogens is 180 g/mol. The Labute approximate surface area is 96.2 Å². The molecule has 0 radical (unpaired) electrons. The van der Waals surface area contributed by atoms with Crippen molar-refractivity contribution in [3.8, 4) is 0 Å². The van der Waals surface area contributed by atoms with Crippen LogP contribution in [-0.4, -0.2) is 0 Å². The molecule has 0 fully saturated rings. The molecule has 0 saturated carbocycles. The Kier molecular flexibility index (Phi) is 4.03. The monoisotopic (exact) mass is 208 g/mol. The van der Waals surface area contributed by atoms with Crippen LogP contribution in [0.2, 0.25) is 0 Å². The van der Waals surface area contributed by atoms with Gasteiger partial charge in [-0.3, -0.25) is 0 Å². The maximum atomic E-state index is 2.53. The third kappa shape index (κ3) is 1.88. The Hall–Kier alpha value is -0.260. The minimum Gasteiger partial charge on any atom is -0.0879 e. The van der Waals surface area contributed by atoms with Crippen LogP contribution < -0.4 is 0 Å². The highest BCUT2D eigenvalue weighted by Crippen LogP contribution is 2.56. The number of hydrogen-bond acceptors (Lipinski definition) is 0. The van der Waals surface area contributed by atoms with Crippen LogP contribution >= 0.6 is 0 Å². The number of rotatable bonds is 4. The molecule has 0 saturated heterocycles. The summed E-state index contributed by atoms with van der Waals surface area (Å²) in [5.41, 5.74) is 0.973. The average molecular weight is 208 g/mol. The van der Waals surface area contributed by atoms with Crippen molar-refractivity contribution in [3.05, 3.63) is 12.2 Å². The molecule has 2 unspecified atom stereocenters. The molecule has 0 aromatic heterocycles. The molecule has 1 rings (SSSR count). The molecule has 0 heteroatoms. The van der Waals surface area contributed by atoms with E-state index in [4.69, 9.17) is 0 Å². The van der Waals surface area contributed by atoms with Gasteiger partial charge in [0.15, 0.2) is 0 Å². The van der Waals surface area contributed by atoms with Gasteiger partial charge in [0.25, 0.3) is 0 Å². The predicted molar refractivity (Wildman–Crippen MR) is 69.0 cm³/mol. The topological polar surface area (TPSA) is 0 Å². The first kappa shape index (κ1) is 12.8. The molecule has 15 heavy (non-hydrogen) atoms. The van der Waals surface area contributed by atoms with E-state index in [2.05, 4.69) is 46.8 Å². The van der Waals surface area contributed by atoms with E-state index in [0.29, 0.717) is 10.8 Å². The molecule has 0 amide bonds. The van der Waals surface area contributed by atoms with Crippen molar-refractivity contribution < 1.29 is 0 Å². The van der Waals surface area contributed by atoms with Gasteiger partial charge < -0.3 is 0 Å². The minimum atomic E-state index is 0.459. The van der Waals surface area contributed by atoms with Crippen LogP contribution in [0, 0.1) is 16.7 Å². The van der Waals surface area contributed by atoms with E-state index in [1.807, 2.05) is 0 Å². The summed E-state index contributed by atoms with van der Waals surface area (Å²) in [6, 6.07) is 0. The quantitative estimate of drug-likeness (QED) is 0.557. The molecule has 0 spiro atoms. The second-order valence-electron chi connectivity index (χ2n) is 5.53. The Morgan fingerprint density at radius 3 is 2.27 bits per heavy atom. The summed E-state index contributed by atoms with van der Waals surface area (Å²) in [4.78, 5) is 0. The fourth-order valence-corrected chi connectivity index (χ4v) is 3.61. The van der Waals surface area contributed by atoms with Gasteiger partial charge in [0, 0.05) is 0 Å². The highest BCUT2D eigenvalue weighted by Gasteiger charge is 2.47. The summed E-state index contributed by atoms with van der Waals surface area (Å²) in [5.74, 6) is 0.836.